The molecule has 0 unspecified atom stereocenters. The van der Waals surface area contributed by atoms with Crippen LogP contribution in [0.1, 0.15) is 61.7 Å². The van der Waals surface area contributed by atoms with Crippen LogP contribution in [0.15, 0.2) is 130 Å². The molecule has 0 bridgehead atoms. The van der Waals surface area contributed by atoms with Gasteiger partial charge in [0.05, 0.1) is 18.7 Å². The summed E-state index contributed by atoms with van der Waals surface area (Å²) in [5.74, 6) is -0.523. The smallest absolute Gasteiger partial charge is 0.382 e. The predicted octanol–water partition coefficient (Wildman–Crippen LogP) is 10.3. The summed E-state index contributed by atoms with van der Waals surface area (Å²) in [5.41, 5.74) is 2.74. The summed E-state index contributed by atoms with van der Waals surface area (Å²) in [4.78, 5) is 28.1. The van der Waals surface area contributed by atoms with Crippen LogP contribution in [0.25, 0.3) is 0 Å². The molecule has 4 heterocycles. The fourth-order valence-corrected chi connectivity index (χ4v) is 13.9. The SMILES string of the molecule is CN(C)c1cccc(NC2CCN(S(=O)(=O)c3ccc(CNC(=O)c4ccc(Cl)cc4)s3)CC2)c1.O=C(NCc1ccc(S(=O)(=O)N2CCC(Nc3cccc(C(F)(F)F)c3)CC2)s1)c1ccc(Cl)cc1. The molecule has 378 valence electrons. The normalized spacial score (nSPS) is 15.3. The number of thiophene rings is 2. The second-order valence-electron chi connectivity index (χ2n) is 17.0. The summed E-state index contributed by atoms with van der Waals surface area (Å²) in [6.07, 6.45) is -2.02. The van der Waals surface area contributed by atoms with Gasteiger partial charge in [-0.25, -0.2) is 16.8 Å². The summed E-state index contributed by atoms with van der Waals surface area (Å²) in [6.45, 7) is 1.88. The van der Waals surface area contributed by atoms with Gasteiger partial charge in [0.1, 0.15) is 8.42 Å². The number of sulfonamides is 2. The molecule has 0 aliphatic carbocycles. The number of rotatable bonds is 15. The lowest BCUT2D eigenvalue weighted by molar-refractivity contribution is -0.137. The number of nitrogens with zero attached hydrogens (tertiary/aromatic N) is 3. The molecule has 2 saturated heterocycles. The zero-order chi connectivity index (χ0) is 50.9. The first-order valence-corrected chi connectivity index (χ1v) is 27.7. The van der Waals surface area contributed by atoms with Crippen LogP contribution in [0.5, 0.6) is 0 Å². The van der Waals surface area contributed by atoms with Crippen LogP contribution in [0.4, 0.5) is 30.2 Å². The Morgan fingerprint density at radius 2 is 1.01 bits per heavy atom. The summed E-state index contributed by atoms with van der Waals surface area (Å²) < 4.78 is 94.9. The molecule has 6 aromatic rings. The molecule has 4 N–H and O–H groups in total. The number of benzene rings is 4. The molecule has 0 atom stereocenters. The van der Waals surface area contributed by atoms with E-state index < -0.39 is 31.8 Å². The minimum absolute atomic E-state index is 0.137. The van der Waals surface area contributed by atoms with Gasteiger partial charge in [0.2, 0.25) is 0 Å². The van der Waals surface area contributed by atoms with E-state index in [1.807, 2.05) is 26.2 Å². The molecular weight excluding hydrogens is 1040 g/mol. The quantitative estimate of drug-likeness (QED) is 0.0785. The van der Waals surface area contributed by atoms with Crippen molar-refractivity contribution in [2.75, 3.05) is 55.8 Å². The van der Waals surface area contributed by atoms with E-state index in [4.69, 9.17) is 23.2 Å². The van der Waals surface area contributed by atoms with Crippen molar-refractivity contribution in [3.63, 3.8) is 0 Å². The van der Waals surface area contributed by atoms with Crippen molar-refractivity contribution >= 4 is 94.8 Å². The molecule has 2 amide bonds. The van der Waals surface area contributed by atoms with Crippen LogP contribution in [0.3, 0.4) is 0 Å². The number of halogens is 5. The highest BCUT2D eigenvalue weighted by Crippen LogP contribution is 2.33. The van der Waals surface area contributed by atoms with Gasteiger partial charge in [-0.2, -0.15) is 21.8 Å². The van der Waals surface area contributed by atoms with Crippen LogP contribution in [0.2, 0.25) is 10.0 Å². The number of hydrogen-bond acceptors (Lipinski definition) is 11. The van der Waals surface area contributed by atoms with Gasteiger partial charge in [-0.05, 0) is 135 Å². The van der Waals surface area contributed by atoms with Crippen LogP contribution >= 0.6 is 45.9 Å². The van der Waals surface area contributed by atoms with Gasteiger partial charge < -0.3 is 26.2 Å². The lowest BCUT2D eigenvalue weighted by Crippen LogP contribution is -2.42. The third-order valence-electron chi connectivity index (χ3n) is 11.7. The molecular formula is C49H52Cl2F3N7O6S4. The molecule has 0 spiro atoms. The largest absolute Gasteiger partial charge is 0.416 e. The van der Waals surface area contributed by atoms with Gasteiger partial charge >= 0.3 is 6.18 Å². The Bertz CT molecular complexity index is 3000. The highest BCUT2D eigenvalue weighted by Gasteiger charge is 2.33. The maximum atomic E-state index is 13.2. The second-order valence-corrected chi connectivity index (χ2v) is 24.5. The minimum atomic E-state index is -4.42. The molecule has 0 saturated carbocycles. The molecule has 2 aliphatic rings. The van der Waals surface area contributed by atoms with Crippen LogP contribution in [0, 0.1) is 0 Å². The minimum Gasteiger partial charge on any atom is -0.382 e. The van der Waals surface area contributed by atoms with Crippen molar-refractivity contribution in [1.82, 2.24) is 19.2 Å². The maximum Gasteiger partial charge on any atom is 0.416 e. The Labute approximate surface area is 430 Å². The number of anilines is 3. The third kappa shape index (κ3) is 14.5. The average Bonchev–Trinajstić information content (AvgIpc) is 4.05. The van der Waals surface area contributed by atoms with E-state index in [1.165, 1.54) is 27.8 Å². The molecule has 22 heteroatoms. The van der Waals surface area contributed by atoms with E-state index in [2.05, 4.69) is 38.3 Å². The van der Waals surface area contributed by atoms with E-state index in [0.29, 0.717) is 61.9 Å². The average molecular weight is 1090 g/mol. The van der Waals surface area contributed by atoms with E-state index in [9.17, 15) is 39.6 Å². The Morgan fingerprint density at radius 3 is 1.42 bits per heavy atom. The molecule has 2 aromatic heterocycles. The summed E-state index contributed by atoms with van der Waals surface area (Å²) >= 11 is 14.0. The van der Waals surface area contributed by atoms with E-state index in [0.717, 1.165) is 52.6 Å². The molecule has 13 nitrogen and oxygen atoms in total. The van der Waals surface area contributed by atoms with Crippen molar-refractivity contribution < 1.29 is 39.6 Å². The molecule has 2 aliphatic heterocycles. The number of piperidine rings is 2. The Morgan fingerprint density at radius 1 is 0.606 bits per heavy atom. The molecule has 0 radical (unpaired) electrons. The number of amides is 2. The van der Waals surface area contributed by atoms with Gasteiger partial charge in [0.15, 0.2) is 0 Å². The van der Waals surface area contributed by atoms with Gasteiger partial charge in [0.25, 0.3) is 31.9 Å². The number of alkyl halides is 3. The zero-order valence-corrected chi connectivity index (χ0v) is 43.4. The first-order chi connectivity index (χ1) is 33.7. The van der Waals surface area contributed by atoms with E-state index in [1.54, 1.807) is 77.1 Å². The number of carbonyl (C=O) groups is 2. The standard InChI is InChI=1S/C25H29ClN4O3S2.C24H23ClF3N3O3S2/c1-29(2)22-5-3-4-21(16-22)28-20-12-14-30(15-13-20)35(32,33)24-11-10-23(34-24)17-27-25(31)18-6-8-19(26)9-7-18;25-18-6-4-16(5-7-18)23(32)29-15-21-8-9-22(35-21)36(33,34)31-12-10-19(11-13-31)30-20-3-1-2-17(14-20)24(26,27)28/h3-11,16,20,28H,12-15,17H2,1-2H3,(H,27,31);1-9,14,19,30H,10-13,15H2,(H,29,32). The number of nitrogens with one attached hydrogen (secondary N) is 4. The summed E-state index contributed by atoms with van der Waals surface area (Å²) in [5, 5.41) is 13.3. The summed E-state index contributed by atoms with van der Waals surface area (Å²) in [7, 11) is -3.26. The molecule has 8 rings (SSSR count). The van der Waals surface area contributed by atoms with Gasteiger partial charge in [-0.15, -0.1) is 22.7 Å². The van der Waals surface area contributed by atoms with Crippen molar-refractivity contribution in [3.8, 4) is 0 Å². The van der Waals surface area contributed by atoms with Crippen molar-refractivity contribution in [3.05, 3.63) is 158 Å². The lowest BCUT2D eigenvalue weighted by Gasteiger charge is -2.32. The number of hydrogen-bond donors (Lipinski definition) is 4. The Hall–Kier alpha value is -5.19. The highest BCUT2D eigenvalue weighted by atomic mass is 35.5. The van der Waals surface area contributed by atoms with Crippen LogP contribution < -0.4 is 26.2 Å². The Kier molecular flexibility index (Phi) is 17.8. The lowest BCUT2D eigenvalue weighted by atomic mass is 10.1. The first-order valence-electron chi connectivity index (χ1n) is 22.5. The van der Waals surface area contributed by atoms with E-state index >= 15 is 0 Å². The van der Waals surface area contributed by atoms with Gasteiger partial charge in [-0.3, -0.25) is 9.59 Å². The summed E-state index contributed by atoms with van der Waals surface area (Å²) in [6, 6.07) is 32.9. The topological polar surface area (TPSA) is 160 Å². The van der Waals surface area contributed by atoms with E-state index in [-0.39, 0.29) is 54.3 Å². The molecule has 2 fully saturated rings. The van der Waals surface area contributed by atoms with Gasteiger partial charge in [0, 0.05) is 100 Å². The predicted molar refractivity (Wildman–Crippen MR) is 277 cm³/mol. The Balaban J connectivity index is 0.000000209. The van der Waals surface area contributed by atoms with Crippen molar-refractivity contribution in [2.24, 2.45) is 0 Å². The zero-order valence-electron chi connectivity index (χ0n) is 38.6. The fraction of sp³-hybridized carbons (Fsp3) is 0.306. The molecule has 71 heavy (non-hydrogen) atoms. The van der Waals surface area contributed by atoms with Crippen molar-refractivity contribution in [1.29, 1.82) is 0 Å². The van der Waals surface area contributed by atoms with Crippen LogP contribution in [-0.2, 0) is 39.3 Å². The van der Waals surface area contributed by atoms with Crippen molar-refractivity contribution in [2.45, 2.75) is 65.5 Å². The fourth-order valence-electron chi connectivity index (χ4n) is 7.79. The maximum absolute atomic E-state index is 13.2. The second kappa shape index (κ2) is 23.6. The number of carbonyl (C=O) groups excluding carboxylic acids is 2. The highest BCUT2D eigenvalue weighted by molar-refractivity contribution is 7.91. The first kappa shape index (κ1) is 53.6. The van der Waals surface area contributed by atoms with Crippen LogP contribution in [-0.4, -0.2) is 89.6 Å². The third-order valence-corrected chi connectivity index (χ3v) is 19.1. The van der Waals surface area contributed by atoms with Gasteiger partial charge in [-0.1, -0.05) is 35.3 Å². The monoisotopic (exact) mass is 1090 g/mol. The molecule has 4 aromatic carbocycles.